The number of anilines is 2. The van der Waals surface area contributed by atoms with Crippen LogP contribution in [-0.2, 0) is 0 Å². The van der Waals surface area contributed by atoms with Crippen LogP contribution in [0.25, 0.3) is 0 Å². The molecule has 1 amide bonds. The number of nitrogens with zero attached hydrogens (tertiary/aromatic N) is 2. The van der Waals surface area contributed by atoms with E-state index in [1.54, 1.807) is 40.1 Å². The molecule has 0 atom stereocenters. The Hall–Kier alpha value is -1.95. The summed E-state index contributed by atoms with van der Waals surface area (Å²) in [4.78, 5) is 18.3. The number of rotatable bonds is 3. The van der Waals surface area contributed by atoms with E-state index in [1.807, 2.05) is 0 Å². The normalized spacial score (nSPS) is 10.4. The zero-order valence-corrected chi connectivity index (χ0v) is 12.6. The standard InChI is InChI=1S/C14H16FN3OS/c1-8-5-6-10(7-11(8)15)17-14-16-9(2)12(20-14)13(19)18(3)4/h5-7H,1-4H3,(H,16,17). The molecule has 1 N–H and O–H groups in total. The van der Waals surface area contributed by atoms with Gasteiger partial charge in [0.25, 0.3) is 5.91 Å². The van der Waals surface area contributed by atoms with Gasteiger partial charge in [0.1, 0.15) is 10.7 Å². The van der Waals surface area contributed by atoms with Gasteiger partial charge >= 0.3 is 0 Å². The number of aryl methyl sites for hydroxylation is 2. The van der Waals surface area contributed by atoms with Gasteiger partial charge < -0.3 is 10.2 Å². The van der Waals surface area contributed by atoms with Gasteiger partial charge in [0, 0.05) is 19.8 Å². The second kappa shape index (κ2) is 5.58. The van der Waals surface area contributed by atoms with Crippen molar-refractivity contribution in [1.82, 2.24) is 9.88 Å². The van der Waals surface area contributed by atoms with Gasteiger partial charge in [-0.05, 0) is 31.5 Å². The number of aromatic nitrogens is 1. The summed E-state index contributed by atoms with van der Waals surface area (Å²) in [7, 11) is 3.40. The molecule has 0 aliphatic rings. The van der Waals surface area contributed by atoms with Crippen LogP contribution in [0.2, 0.25) is 0 Å². The molecular weight excluding hydrogens is 277 g/mol. The predicted molar refractivity (Wildman–Crippen MR) is 79.3 cm³/mol. The first-order chi connectivity index (χ1) is 9.38. The van der Waals surface area contributed by atoms with Crippen LogP contribution in [0.1, 0.15) is 20.9 Å². The van der Waals surface area contributed by atoms with Crippen molar-refractivity contribution in [3.05, 3.63) is 40.2 Å². The Morgan fingerprint density at radius 1 is 1.35 bits per heavy atom. The van der Waals surface area contributed by atoms with Gasteiger partial charge in [-0.1, -0.05) is 17.4 Å². The molecule has 4 nitrogen and oxygen atoms in total. The van der Waals surface area contributed by atoms with E-state index in [1.165, 1.54) is 22.3 Å². The van der Waals surface area contributed by atoms with Crippen molar-refractivity contribution in [2.24, 2.45) is 0 Å². The third-order valence-electron chi connectivity index (χ3n) is 2.82. The molecule has 1 heterocycles. The molecule has 0 bridgehead atoms. The highest BCUT2D eigenvalue weighted by Gasteiger charge is 2.17. The first kappa shape index (κ1) is 14.5. The van der Waals surface area contributed by atoms with Crippen LogP contribution in [0, 0.1) is 19.7 Å². The van der Waals surface area contributed by atoms with E-state index >= 15 is 0 Å². The van der Waals surface area contributed by atoms with Gasteiger partial charge in [-0.2, -0.15) is 0 Å². The summed E-state index contributed by atoms with van der Waals surface area (Å²) in [5.41, 5.74) is 1.88. The number of benzene rings is 1. The zero-order valence-electron chi connectivity index (χ0n) is 11.8. The minimum absolute atomic E-state index is 0.0804. The molecule has 0 unspecified atom stereocenters. The Labute approximate surface area is 121 Å². The first-order valence-electron chi connectivity index (χ1n) is 6.10. The van der Waals surface area contributed by atoms with E-state index in [0.717, 1.165) is 0 Å². The molecule has 0 radical (unpaired) electrons. The van der Waals surface area contributed by atoms with Crippen LogP contribution in [0.15, 0.2) is 18.2 Å². The van der Waals surface area contributed by atoms with Gasteiger partial charge in [-0.25, -0.2) is 9.37 Å². The van der Waals surface area contributed by atoms with Crippen LogP contribution >= 0.6 is 11.3 Å². The Morgan fingerprint density at radius 3 is 2.65 bits per heavy atom. The number of amides is 1. The van der Waals surface area contributed by atoms with Crippen molar-refractivity contribution in [3.63, 3.8) is 0 Å². The third-order valence-corrected chi connectivity index (χ3v) is 3.88. The van der Waals surface area contributed by atoms with Crippen molar-refractivity contribution in [1.29, 1.82) is 0 Å². The van der Waals surface area contributed by atoms with Crippen LogP contribution < -0.4 is 5.32 Å². The average molecular weight is 293 g/mol. The second-order valence-electron chi connectivity index (χ2n) is 4.72. The van der Waals surface area contributed by atoms with Crippen molar-refractivity contribution < 1.29 is 9.18 Å². The molecule has 0 fully saturated rings. The number of carbonyl (C=O) groups excluding carboxylic acids is 1. The van der Waals surface area contributed by atoms with Gasteiger partial charge in [-0.15, -0.1) is 0 Å². The maximum Gasteiger partial charge on any atom is 0.265 e. The Bertz CT molecular complexity index is 652. The molecule has 0 saturated heterocycles. The molecular formula is C14H16FN3OS. The van der Waals surface area contributed by atoms with Crippen molar-refractivity contribution in [2.45, 2.75) is 13.8 Å². The highest BCUT2D eigenvalue weighted by Crippen LogP contribution is 2.27. The lowest BCUT2D eigenvalue weighted by atomic mass is 10.2. The lowest BCUT2D eigenvalue weighted by Crippen LogP contribution is -2.21. The molecule has 20 heavy (non-hydrogen) atoms. The van der Waals surface area contributed by atoms with E-state index in [9.17, 15) is 9.18 Å². The topological polar surface area (TPSA) is 45.2 Å². The highest BCUT2D eigenvalue weighted by molar-refractivity contribution is 7.17. The molecule has 2 rings (SSSR count). The predicted octanol–water partition coefficient (Wildman–Crippen LogP) is 3.34. The number of hydrogen-bond donors (Lipinski definition) is 1. The fraction of sp³-hybridized carbons (Fsp3) is 0.286. The fourth-order valence-electron chi connectivity index (χ4n) is 1.65. The molecule has 2 aromatic rings. The Morgan fingerprint density at radius 2 is 2.05 bits per heavy atom. The van der Waals surface area contributed by atoms with Gasteiger partial charge in [0.05, 0.1) is 5.69 Å². The van der Waals surface area contributed by atoms with E-state index < -0.39 is 0 Å². The zero-order chi connectivity index (χ0) is 14.9. The summed E-state index contributed by atoms with van der Waals surface area (Å²) in [6.45, 7) is 3.49. The number of halogens is 1. The summed E-state index contributed by atoms with van der Waals surface area (Å²) in [6, 6.07) is 4.89. The van der Waals surface area contributed by atoms with E-state index in [0.29, 0.717) is 27.0 Å². The van der Waals surface area contributed by atoms with Crippen molar-refractivity contribution in [3.8, 4) is 0 Å². The lowest BCUT2D eigenvalue weighted by Gasteiger charge is -2.07. The van der Waals surface area contributed by atoms with Gasteiger partial charge in [-0.3, -0.25) is 4.79 Å². The molecule has 0 aliphatic carbocycles. The smallest absolute Gasteiger partial charge is 0.265 e. The maximum atomic E-state index is 13.5. The average Bonchev–Trinajstić information content (AvgIpc) is 2.73. The fourth-order valence-corrected chi connectivity index (χ4v) is 2.65. The van der Waals surface area contributed by atoms with Gasteiger partial charge in [0.15, 0.2) is 5.13 Å². The summed E-state index contributed by atoms with van der Waals surface area (Å²) in [5, 5.41) is 3.60. The molecule has 1 aromatic heterocycles. The molecule has 1 aromatic carbocycles. The first-order valence-corrected chi connectivity index (χ1v) is 6.92. The molecule has 0 aliphatic heterocycles. The van der Waals surface area contributed by atoms with Gasteiger partial charge in [0.2, 0.25) is 0 Å². The molecule has 0 spiro atoms. The van der Waals surface area contributed by atoms with E-state index in [4.69, 9.17) is 0 Å². The largest absolute Gasteiger partial charge is 0.344 e. The minimum atomic E-state index is -0.270. The molecule has 0 saturated carbocycles. The molecule has 106 valence electrons. The number of hydrogen-bond acceptors (Lipinski definition) is 4. The van der Waals surface area contributed by atoms with Crippen molar-refractivity contribution >= 4 is 28.1 Å². The van der Waals surface area contributed by atoms with E-state index in [2.05, 4.69) is 10.3 Å². The number of nitrogens with one attached hydrogen (secondary N) is 1. The minimum Gasteiger partial charge on any atom is -0.344 e. The van der Waals surface area contributed by atoms with Crippen LogP contribution in [0.4, 0.5) is 15.2 Å². The Kier molecular flexibility index (Phi) is 4.04. The number of carbonyl (C=O) groups is 1. The monoisotopic (exact) mass is 293 g/mol. The van der Waals surface area contributed by atoms with Crippen molar-refractivity contribution in [2.75, 3.05) is 19.4 Å². The maximum absolute atomic E-state index is 13.5. The SMILES string of the molecule is Cc1ccc(Nc2nc(C)c(C(=O)N(C)C)s2)cc1F. The third kappa shape index (κ3) is 2.96. The van der Waals surface area contributed by atoms with Crippen LogP contribution in [-0.4, -0.2) is 29.9 Å². The lowest BCUT2D eigenvalue weighted by molar-refractivity contribution is 0.0831. The quantitative estimate of drug-likeness (QED) is 0.944. The number of thiazole rings is 1. The second-order valence-corrected chi connectivity index (χ2v) is 5.72. The highest BCUT2D eigenvalue weighted by atomic mass is 32.1. The summed E-state index contributed by atoms with van der Waals surface area (Å²) >= 11 is 1.26. The molecule has 6 heteroatoms. The van der Waals surface area contributed by atoms with Crippen LogP contribution in [0.5, 0.6) is 0 Å². The van der Waals surface area contributed by atoms with E-state index in [-0.39, 0.29) is 11.7 Å². The summed E-state index contributed by atoms with van der Waals surface area (Å²) < 4.78 is 13.5. The summed E-state index contributed by atoms with van der Waals surface area (Å²) in [6.07, 6.45) is 0. The Balaban J connectivity index is 2.24. The van der Waals surface area contributed by atoms with Crippen LogP contribution in [0.3, 0.4) is 0 Å². The summed E-state index contributed by atoms with van der Waals surface area (Å²) in [5.74, 6) is -0.351.